The van der Waals surface area contributed by atoms with Gasteiger partial charge in [-0.2, -0.15) is 26.3 Å². The van der Waals surface area contributed by atoms with Gasteiger partial charge in [-0.25, -0.2) is 9.18 Å². The number of nitrogens with one attached hydrogen (secondary N) is 1. The quantitative estimate of drug-likeness (QED) is 0.459. The number of hydrogen-bond acceptors (Lipinski definition) is 5. The molecule has 0 spiro atoms. The van der Waals surface area contributed by atoms with E-state index in [1.165, 1.54) is 0 Å². The topological polar surface area (TPSA) is 88.1 Å². The summed E-state index contributed by atoms with van der Waals surface area (Å²) in [6.45, 7) is 1.73. The van der Waals surface area contributed by atoms with Crippen LogP contribution in [0.2, 0.25) is 0 Å². The lowest BCUT2D eigenvalue weighted by molar-refractivity contribution is -0.192. The van der Waals surface area contributed by atoms with Crippen molar-refractivity contribution >= 4 is 11.9 Å². The van der Waals surface area contributed by atoms with E-state index in [1.807, 2.05) is 12.1 Å². The highest BCUT2D eigenvalue weighted by molar-refractivity contribution is 5.94. The van der Waals surface area contributed by atoms with Gasteiger partial charge < -0.3 is 24.8 Å². The maximum atomic E-state index is 13.9. The van der Waals surface area contributed by atoms with Crippen LogP contribution in [0.4, 0.5) is 30.7 Å². The Kier molecular flexibility index (Phi) is 9.46. The average molecular weight is 595 g/mol. The number of halogens is 7. The highest BCUT2D eigenvalue weighted by Crippen LogP contribution is 2.49. The summed E-state index contributed by atoms with van der Waals surface area (Å²) < 4.78 is 95.0. The lowest BCUT2D eigenvalue weighted by Gasteiger charge is -2.43. The predicted octanol–water partition coefficient (Wildman–Crippen LogP) is 5.28. The monoisotopic (exact) mass is 594 g/mol. The Hall–Kier alpha value is -3.55. The average Bonchev–Trinajstić information content (AvgIpc) is 3.23. The van der Waals surface area contributed by atoms with Gasteiger partial charge in [0, 0.05) is 30.1 Å². The number of carbonyl (C=O) groups excluding carboxylic acids is 1. The lowest BCUT2D eigenvalue weighted by Crippen LogP contribution is -2.47. The number of carbonyl (C=O) groups is 2. The highest BCUT2D eigenvalue weighted by Gasteiger charge is 2.50. The number of amides is 1. The Balaban J connectivity index is 0.000000587. The molecule has 0 unspecified atom stereocenters. The number of likely N-dealkylation sites (N-methyl/N-ethyl adjacent to an activating group) is 1. The van der Waals surface area contributed by atoms with Crippen molar-refractivity contribution in [2.75, 3.05) is 34.4 Å². The fourth-order valence-electron chi connectivity index (χ4n) is 5.61. The van der Waals surface area contributed by atoms with Crippen LogP contribution in [0, 0.1) is 11.7 Å². The molecule has 0 radical (unpaired) electrons. The molecule has 0 bridgehead atoms. The van der Waals surface area contributed by atoms with Crippen molar-refractivity contribution in [2.45, 2.75) is 43.1 Å². The number of carboxylic acid groups (broad SMARTS) is 1. The predicted molar refractivity (Wildman–Crippen MR) is 132 cm³/mol. The van der Waals surface area contributed by atoms with E-state index in [0.29, 0.717) is 36.5 Å². The summed E-state index contributed by atoms with van der Waals surface area (Å²) in [7, 11) is 5.27. The fourth-order valence-corrected chi connectivity index (χ4v) is 5.61. The van der Waals surface area contributed by atoms with E-state index in [9.17, 15) is 35.5 Å². The standard InChI is InChI=1S/C25H28F4N2O3.C2HF3O2/c1-31-13-17-11-18(30-23(32)15-4-6-19(20(26)10-15)25(27,28)29)8-9-24(17,14-31)16-5-7-21(33-2)22(12-16)34-3;3-2(4,5)1(6)7/h4-7,10,12,17-18H,8-9,11,13-14H2,1-3H3,(H,30,32);(H,6,7)/t17-,18-,24+;/m0./s1. The number of carboxylic acids is 1. The van der Waals surface area contributed by atoms with E-state index in [1.54, 1.807) is 14.2 Å². The molecule has 2 aromatic carbocycles. The zero-order valence-corrected chi connectivity index (χ0v) is 22.3. The molecule has 2 fully saturated rings. The molecule has 226 valence electrons. The second kappa shape index (κ2) is 12.1. The van der Waals surface area contributed by atoms with E-state index in [4.69, 9.17) is 19.4 Å². The van der Waals surface area contributed by atoms with Crippen LogP contribution in [0.15, 0.2) is 36.4 Å². The van der Waals surface area contributed by atoms with Crippen LogP contribution in [-0.4, -0.2) is 68.5 Å². The van der Waals surface area contributed by atoms with Crippen molar-refractivity contribution in [1.29, 1.82) is 0 Å². The molecule has 1 amide bonds. The summed E-state index contributed by atoms with van der Waals surface area (Å²) >= 11 is 0. The molecule has 2 aromatic rings. The number of rotatable bonds is 5. The fraction of sp³-hybridized carbons (Fsp3) is 0.481. The maximum absolute atomic E-state index is 13.9. The second-order valence-corrected chi connectivity index (χ2v) is 10.1. The van der Waals surface area contributed by atoms with Crippen LogP contribution in [0.5, 0.6) is 11.5 Å². The van der Waals surface area contributed by atoms with Crippen LogP contribution in [0.25, 0.3) is 0 Å². The molecule has 1 saturated carbocycles. The van der Waals surface area contributed by atoms with Crippen LogP contribution >= 0.6 is 0 Å². The third kappa shape index (κ3) is 7.21. The van der Waals surface area contributed by atoms with Crippen molar-refractivity contribution in [3.8, 4) is 11.5 Å². The Bertz CT molecular complexity index is 1270. The minimum atomic E-state index is -5.08. The number of benzene rings is 2. The van der Waals surface area contributed by atoms with E-state index in [-0.39, 0.29) is 22.9 Å². The summed E-state index contributed by atoms with van der Waals surface area (Å²) in [6.07, 6.45) is -7.64. The summed E-state index contributed by atoms with van der Waals surface area (Å²) in [6, 6.07) is 8.12. The first-order chi connectivity index (χ1) is 19.0. The molecule has 2 N–H and O–H groups in total. The Labute approximate surface area is 231 Å². The SMILES string of the molecule is COc1ccc([C@]23CC[C@H](NC(=O)c4ccc(C(F)(F)F)c(F)c4)C[C@H]2CN(C)C3)cc1OC.O=C(O)C(F)(F)F. The zero-order chi connectivity index (χ0) is 30.8. The molecule has 7 nitrogen and oxygen atoms in total. The van der Waals surface area contributed by atoms with Crippen LogP contribution in [0.1, 0.15) is 40.7 Å². The van der Waals surface area contributed by atoms with Gasteiger partial charge >= 0.3 is 18.3 Å². The smallest absolute Gasteiger partial charge is 0.490 e. The van der Waals surface area contributed by atoms with E-state index < -0.39 is 35.6 Å². The Morgan fingerprint density at radius 2 is 1.66 bits per heavy atom. The van der Waals surface area contributed by atoms with E-state index >= 15 is 0 Å². The number of ether oxygens (including phenoxy) is 2. The second-order valence-electron chi connectivity index (χ2n) is 10.1. The van der Waals surface area contributed by atoms with Gasteiger partial charge in [-0.05, 0) is 68.1 Å². The molecule has 41 heavy (non-hydrogen) atoms. The van der Waals surface area contributed by atoms with Gasteiger partial charge in [0.2, 0.25) is 0 Å². The third-order valence-corrected chi connectivity index (χ3v) is 7.45. The summed E-state index contributed by atoms with van der Waals surface area (Å²) in [4.78, 5) is 23.9. The summed E-state index contributed by atoms with van der Waals surface area (Å²) in [5, 5.41) is 10.0. The summed E-state index contributed by atoms with van der Waals surface area (Å²) in [5.74, 6) is -3.18. The van der Waals surface area contributed by atoms with Gasteiger partial charge in [0.25, 0.3) is 5.91 Å². The number of likely N-dealkylation sites (tertiary alicyclic amines) is 1. The first-order valence-electron chi connectivity index (χ1n) is 12.4. The molecule has 4 rings (SSSR count). The molecular weight excluding hydrogens is 565 g/mol. The van der Waals surface area contributed by atoms with Crippen molar-refractivity contribution in [2.24, 2.45) is 5.92 Å². The number of hydrogen-bond donors (Lipinski definition) is 2. The molecular formula is C27H29F7N2O5. The first kappa shape index (κ1) is 32.0. The normalized spacial score (nSPS) is 22.7. The Morgan fingerprint density at radius 1 is 1.02 bits per heavy atom. The van der Waals surface area contributed by atoms with Gasteiger partial charge in [-0.3, -0.25) is 4.79 Å². The number of aliphatic carboxylic acids is 1. The zero-order valence-electron chi connectivity index (χ0n) is 22.3. The molecule has 1 saturated heterocycles. The van der Waals surface area contributed by atoms with E-state index in [0.717, 1.165) is 31.1 Å². The van der Waals surface area contributed by atoms with Crippen LogP contribution < -0.4 is 14.8 Å². The highest BCUT2D eigenvalue weighted by atomic mass is 19.4. The third-order valence-electron chi connectivity index (χ3n) is 7.45. The number of methoxy groups -OCH3 is 2. The first-order valence-corrected chi connectivity index (χ1v) is 12.4. The van der Waals surface area contributed by atoms with Gasteiger partial charge in [0.05, 0.1) is 19.8 Å². The largest absolute Gasteiger partial charge is 0.493 e. The van der Waals surface area contributed by atoms with Crippen molar-refractivity contribution in [1.82, 2.24) is 10.2 Å². The van der Waals surface area contributed by atoms with Crippen molar-refractivity contribution < 1.29 is 54.9 Å². The van der Waals surface area contributed by atoms with Gasteiger partial charge in [0.15, 0.2) is 11.5 Å². The van der Waals surface area contributed by atoms with Crippen LogP contribution in [0.3, 0.4) is 0 Å². The summed E-state index contributed by atoms with van der Waals surface area (Å²) in [5.41, 5.74) is -0.439. The molecule has 3 atom stereocenters. The molecule has 2 aliphatic rings. The van der Waals surface area contributed by atoms with E-state index in [2.05, 4.69) is 23.3 Å². The molecule has 0 aromatic heterocycles. The van der Waals surface area contributed by atoms with Crippen molar-refractivity contribution in [3.05, 3.63) is 58.9 Å². The molecule has 14 heteroatoms. The Morgan fingerprint density at radius 3 is 2.20 bits per heavy atom. The maximum Gasteiger partial charge on any atom is 0.490 e. The number of fused-ring (bicyclic) bond motifs is 1. The number of nitrogens with zero attached hydrogens (tertiary/aromatic N) is 1. The minimum Gasteiger partial charge on any atom is -0.493 e. The minimum absolute atomic E-state index is 0.101. The van der Waals surface area contributed by atoms with Gasteiger partial charge in [-0.15, -0.1) is 0 Å². The lowest BCUT2D eigenvalue weighted by atomic mass is 9.63. The van der Waals surface area contributed by atoms with Crippen molar-refractivity contribution in [3.63, 3.8) is 0 Å². The van der Waals surface area contributed by atoms with Crippen LogP contribution in [-0.2, 0) is 16.4 Å². The molecule has 1 heterocycles. The van der Waals surface area contributed by atoms with Gasteiger partial charge in [-0.1, -0.05) is 6.07 Å². The van der Waals surface area contributed by atoms with Gasteiger partial charge in [0.1, 0.15) is 5.82 Å². The molecule has 1 aliphatic carbocycles. The number of alkyl halides is 6. The molecule has 1 aliphatic heterocycles.